The van der Waals surface area contributed by atoms with Gasteiger partial charge in [-0.25, -0.2) is 0 Å². The van der Waals surface area contributed by atoms with Crippen LogP contribution in [-0.4, -0.2) is 37.5 Å². The Hall–Kier alpha value is -0.570. The van der Waals surface area contributed by atoms with E-state index in [4.69, 9.17) is 0 Å². The Morgan fingerprint density at radius 1 is 1.55 bits per heavy atom. The third-order valence-electron chi connectivity index (χ3n) is 2.32. The van der Waals surface area contributed by atoms with E-state index in [0.29, 0.717) is 0 Å². The Morgan fingerprint density at radius 3 is 2.82 bits per heavy atom. The number of rotatable bonds is 1. The van der Waals surface area contributed by atoms with Crippen molar-refractivity contribution in [3.05, 3.63) is 0 Å². The van der Waals surface area contributed by atoms with Crippen LogP contribution in [0.5, 0.6) is 0 Å². The van der Waals surface area contributed by atoms with Gasteiger partial charge in [-0.2, -0.15) is 0 Å². The molecule has 0 aromatic carbocycles. The number of amides is 1. The second-order valence-corrected chi connectivity index (χ2v) is 3.11. The van der Waals surface area contributed by atoms with E-state index in [2.05, 4.69) is 10.2 Å². The molecule has 0 saturated carbocycles. The predicted molar refractivity (Wildman–Crippen MR) is 44.3 cm³/mol. The van der Waals surface area contributed by atoms with Crippen LogP contribution in [0.4, 0.5) is 0 Å². The van der Waals surface area contributed by atoms with Gasteiger partial charge < -0.3 is 5.32 Å². The lowest BCUT2D eigenvalue weighted by Crippen LogP contribution is -2.46. The van der Waals surface area contributed by atoms with Gasteiger partial charge in [0.2, 0.25) is 5.91 Å². The molecule has 0 radical (unpaired) electrons. The van der Waals surface area contributed by atoms with E-state index in [0.717, 1.165) is 13.0 Å². The van der Waals surface area contributed by atoms with Gasteiger partial charge in [0.05, 0.1) is 6.04 Å². The van der Waals surface area contributed by atoms with Crippen LogP contribution in [0.25, 0.3) is 0 Å². The lowest BCUT2D eigenvalue weighted by atomic mass is 10.0. The van der Waals surface area contributed by atoms with Crippen molar-refractivity contribution in [2.24, 2.45) is 0 Å². The number of carbonyl (C=O) groups is 1. The fraction of sp³-hybridized carbons (Fsp3) is 0.875. The van der Waals surface area contributed by atoms with Crippen LogP contribution in [0.3, 0.4) is 0 Å². The summed E-state index contributed by atoms with van der Waals surface area (Å²) in [4.78, 5) is 13.4. The quantitative estimate of drug-likeness (QED) is 0.589. The first-order valence-electron chi connectivity index (χ1n) is 4.17. The summed E-state index contributed by atoms with van der Waals surface area (Å²) in [6.45, 7) is 1.05. The minimum Gasteiger partial charge on any atom is -0.358 e. The Kier molecular flexibility index (Phi) is 2.88. The van der Waals surface area contributed by atoms with Crippen molar-refractivity contribution in [3.63, 3.8) is 0 Å². The van der Waals surface area contributed by atoms with E-state index in [9.17, 15) is 4.79 Å². The summed E-state index contributed by atoms with van der Waals surface area (Å²) in [5, 5.41) is 2.68. The van der Waals surface area contributed by atoms with E-state index in [1.165, 1.54) is 12.8 Å². The van der Waals surface area contributed by atoms with Crippen LogP contribution in [0.2, 0.25) is 0 Å². The molecule has 1 heterocycles. The molecular formula is C8H16N2O. The number of carbonyl (C=O) groups excluding carboxylic acids is 1. The smallest absolute Gasteiger partial charge is 0.237 e. The molecule has 1 aliphatic heterocycles. The van der Waals surface area contributed by atoms with Gasteiger partial charge in [0, 0.05) is 7.05 Å². The molecule has 1 aliphatic rings. The van der Waals surface area contributed by atoms with Crippen LogP contribution in [0.1, 0.15) is 19.3 Å². The average Bonchev–Trinajstić information content (AvgIpc) is 2.04. The molecule has 0 aromatic heterocycles. The van der Waals surface area contributed by atoms with Crippen LogP contribution >= 0.6 is 0 Å². The van der Waals surface area contributed by atoms with Crippen LogP contribution in [0.15, 0.2) is 0 Å². The third kappa shape index (κ3) is 1.93. The number of nitrogens with one attached hydrogen (secondary N) is 1. The summed E-state index contributed by atoms with van der Waals surface area (Å²) in [5.41, 5.74) is 0. The van der Waals surface area contributed by atoms with Gasteiger partial charge in [-0.05, 0) is 26.4 Å². The first-order chi connectivity index (χ1) is 5.25. The molecule has 1 N–H and O–H groups in total. The molecule has 1 amide bonds. The van der Waals surface area contributed by atoms with E-state index in [-0.39, 0.29) is 11.9 Å². The van der Waals surface area contributed by atoms with Gasteiger partial charge in [-0.15, -0.1) is 0 Å². The van der Waals surface area contributed by atoms with Crippen molar-refractivity contribution in [2.75, 3.05) is 20.6 Å². The van der Waals surface area contributed by atoms with Gasteiger partial charge in [0.1, 0.15) is 0 Å². The number of likely N-dealkylation sites (tertiary alicyclic amines) is 1. The molecule has 1 saturated heterocycles. The first kappa shape index (κ1) is 8.53. The van der Waals surface area contributed by atoms with Crippen molar-refractivity contribution in [3.8, 4) is 0 Å². The molecule has 3 nitrogen and oxygen atoms in total. The Morgan fingerprint density at radius 2 is 2.27 bits per heavy atom. The molecule has 0 unspecified atom stereocenters. The van der Waals surface area contributed by atoms with Crippen molar-refractivity contribution in [2.45, 2.75) is 25.3 Å². The average molecular weight is 156 g/mol. The zero-order valence-corrected chi connectivity index (χ0v) is 7.26. The fourth-order valence-electron chi connectivity index (χ4n) is 1.57. The van der Waals surface area contributed by atoms with E-state index in [1.807, 2.05) is 7.05 Å². The normalized spacial score (nSPS) is 26.5. The highest BCUT2D eigenvalue weighted by molar-refractivity contribution is 5.81. The highest BCUT2D eigenvalue weighted by Gasteiger charge is 2.24. The molecule has 11 heavy (non-hydrogen) atoms. The molecule has 64 valence electrons. The van der Waals surface area contributed by atoms with Crippen molar-refractivity contribution in [1.29, 1.82) is 0 Å². The topological polar surface area (TPSA) is 32.3 Å². The number of hydrogen-bond donors (Lipinski definition) is 1. The minimum atomic E-state index is 0.119. The van der Waals surface area contributed by atoms with Gasteiger partial charge >= 0.3 is 0 Å². The Labute approximate surface area is 67.8 Å². The van der Waals surface area contributed by atoms with Gasteiger partial charge in [-0.1, -0.05) is 6.42 Å². The van der Waals surface area contributed by atoms with E-state index in [1.54, 1.807) is 7.05 Å². The molecular weight excluding hydrogens is 140 g/mol. The number of hydrogen-bond acceptors (Lipinski definition) is 2. The Bertz CT molecular complexity index is 147. The minimum absolute atomic E-state index is 0.119. The molecule has 1 fully saturated rings. The first-order valence-corrected chi connectivity index (χ1v) is 4.17. The maximum absolute atomic E-state index is 11.2. The molecule has 0 aromatic rings. The molecule has 0 aliphatic carbocycles. The molecule has 3 heteroatoms. The second-order valence-electron chi connectivity index (χ2n) is 3.11. The van der Waals surface area contributed by atoms with Crippen molar-refractivity contribution < 1.29 is 4.79 Å². The zero-order valence-electron chi connectivity index (χ0n) is 7.26. The summed E-state index contributed by atoms with van der Waals surface area (Å²) in [5.74, 6) is 0.159. The van der Waals surface area contributed by atoms with Gasteiger partial charge in [0.25, 0.3) is 0 Å². The summed E-state index contributed by atoms with van der Waals surface area (Å²) >= 11 is 0. The summed E-state index contributed by atoms with van der Waals surface area (Å²) in [7, 11) is 3.71. The highest BCUT2D eigenvalue weighted by Crippen LogP contribution is 2.14. The zero-order chi connectivity index (χ0) is 8.27. The molecule has 1 rings (SSSR count). The number of likely N-dealkylation sites (N-methyl/N-ethyl adjacent to an activating group) is 2. The maximum Gasteiger partial charge on any atom is 0.237 e. The number of nitrogens with zero attached hydrogens (tertiary/aromatic N) is 1. The van der Waals surface area contributed by atoms with Gasteiger partial charge in [-0.3, -0.25) is 9.69 Å². The lowest BCUT2D eigenvalue weighted by molar-refractivity contribution is -0.126. The van der Waals surface area contributed by atoms with Crippen molar-refractivity contribution >= 4 is 5.91 Å². The monoisotopic (exact) mass is 156 g/mol. The van der Waals surface area contributed by atoms with Gasteiger partial charge in [0.15, 0.2) is 0 Å². The largest absolute Gasteiger partial charge is 0.358 e. The third-order valence-corrected chi connectivity index (χ3v) is 2.32. The van der Waals surface area contributed by atoms with Crippen LogP contribution in [0, 0.1) is 0 Å². The summed E-state index contributed by atoms with van der Waals surface area (Å²) < 4.78 is 0. The molecule has 1 atom stereocenters. The standard InChI is InChI=1S/C8H16N2O/c1-9-8(11)7-5-3-4-6-10(7)2/h7H,3-6H2,1-2H3,(H,9,11)/t7-/m1/s1. The highest BCUT2D eigenvalue weighted by atomic mass is 16.2. The van der Waals surface area contributed by atoms with Crippen LogP contribution in [-0.2, 0) is 4.79 Å². The summed E-state index contributed by atoms with van der Waals surface area (Å²) in [6.07, 6.45) is 3.42. The fourth-order valence-corrected chi connectivity index (χ4v) is 1.57. The lowest BCUT2D eigenvalue weighted by Gasteiger charge is -2.30. The second kappa shape index (κ2) is 3.72. The number of piperidine rings is 1. The Balaban J connectivity index is 2.47. The predicted octanol–water partition coefficient (Wildman–Crippen LogP) is 0.217. The molecule has 0 bridgehead atoms. The summed E-state index contributed by atoms with van der Waals surface area (Å²) in [6, 6.07) is 0.119. The van der Waals surface area contributed by atoms with Crippen LogP contribution < -0.4 is 5.32 Å². The maximum atomic E-state index is 11.2. The van der Waals surface area contributed by atoms with E-state index >= 15 is 0 Å². The van der Waals surface area contributed by atoms with E-state index < -0.39 is 0 Å². The van der Waals surface area contributed by atoms with Crippen molar-refractivity contribution in [1.82, 2.24) is 10.2 Å². The molecule has 0 spiro atoms. The SMILES string of the molecule is CNC(=O)[C@H]1CCCCN1C.